The van der Waals surface area contributed by atoms with Gasteiger partial charge in [0.1, 0.15) is 0 Å². The van der Waals surface area contributed by atoms with Crippen molar-refractivity contribution in [2.24, 2.45) is 0 Å². The predicted octanol–water partition coefficient (Wildman–Crippen LogP) is 3.52. The summed E-state index contributed by atoms with van der Waals surface area (Å²) in [4.78, 5) is 13.8. The van der Waals surface area contributed by atoms with Crippen LogP contribution in [0.4, 0.5) is 5.69 Å². The lowest BCUT2D eigenvalue weighted by molar-refractivity contribution is -0.128. The Labute approximate surface area is 127 Å². The highest BCUT2D eigenvalue weighted by atomic mass is 79.9. The fraction of sp³-hybridized carbons (Fsp3) is 0.188. The molecule has 0 spiro atoms. The molecule has 1 N–H and O–H groups in total. The first-order chi connectivity index (χ1) is 9.66. The van der Waals surface area contributed by atoms with Crippen LogP contribution in [0.25, 0.3) is 0 Å². The van der Waals surface area contributed by atoms with E-state index in [0.717, 1.165) is 15.7 Å². The van der Waals surface area contributed by atoms with Gasteiger partial charge in [-0.3, -0.25) is 4.79 Å². The number of benzene rings is 2. The highest BCUT2D eigenvalue weighted by Crippen LogP contribution is 2.20. The molecule has 0 fully saturated rings. The highest BCUT2D eigenvalue weighted by Gasteiger charge is 2.09. The molecule has 0 aliphatic heterocycles. The number of likely N-dealkylation sites (N-methyl/N-ethyl adjacent to an activating group) is 1. The minimum atomic E-state index is 0.0598. The number of para-hydroxylation sites is 1. The van der Waals surface area contributed by atoms with Crippen LogP contribution < -0.4 is 5.32 Å². The van der Waals surface area contributed by atoms with Crippen molar-refractivity contribution in [2.45, 2.75) is 6.54 Å². The number of rotatable bonds is 5. The molecule has 2 aromatic carbocycles. The number of carbonyl (C=O) groups is 1. The number of hydrogen-bond acceptors (Lipinski definition) is 2. The van der Waals surface area contributed by atoms with Gasteiger partial charge in [0.25, 0.3) is 0 Å². The van der Waals surface area contributed by atoms with Crippen LogP contribution in [-0.2, 0) is 11.3 Å². The molecule has 0 bridgehead atoms. The lowest BCUT2D eigenvalue weighted by Crippen LogP contribution is -2.31. The maximum absolute atomic E-state index is 12.1. The van der Waals surface area contributed by atoms with E-state index in [-0.39, 0.29) is 12.5 Å². The van der Waals surface area contributed by atoms with E-state index >= 15 is 0 Å². The number of hydrogen-bond donors (Lipinski definition) is 1. The lowest BCUT2D eigenvalue weighted by atomic mass is 10.2. The lowest BCUT2D eigenvalue weighted by Gasteiger charge is -2.18. The Morgan fingerprint density at radius 3 is 2.45 bits per heavy atom. The van der Waals surface area contributed by atoms with Crippen LogP contribution in [0.3, 0.4) is 0 Å². The van der Waals surface area contributed by atoms with Gasteiger partial charge in [-0.1, -0.05) is 42.5 Å². The Morgan fingerprint density at radius 1 is 1.10 bits per heavy atom. The molecule has 0 heterocycles. The smallest absolute Gasteiger partial charge is 0.241 e. The zero-order valence-electron chi connectivity index (χ0n) is 11.3. The van der Waals surface area contributed by atoms with E-state index in [1.54, 1.807) is 4.90 Å². The Balaban J connectivity index is 1.87. The standard InChI is InChI=1S/C16H17BrN2O/c1-19(12-13-7-3-2-4-8-13)16(20)11-18-15-10-6-5-9-14(15)17/h2-10,18H,11-12H2,1H3. The molecule has 3 nitrogen and oxygen atoms in total. The Bertz CT molecular complexity index is 572. The van der Waals surface area contributed by atoms with Crippen molar-refractivity contribution >= 4 is 27.5 Å². The first-order valence-electron chi connectivity index (χ1n) is 6.43. The Kier molecular flexibility index (Phi) is 5.18. The summed E-state index contributed by atoms with van der Waals surface area (Å²) >= 11 is 3.45. The molecule has 1 amide bonds. The van der Waals surface area contributed by atoms with Crippen molar-refractivity contribution in [3.8, 4) is 0 Å². The third-order valence-electron chi connectivity index (χ3n) is 2.99. The fourth-order valence-electron chi connectivity index (χ4n) is 1.86. The molecule has 0 aliphatic rings. The van der Waals surface area contributed by atoms with Crippen molar-refractivity contribution < 1.29 is 4.79 Å². The SMILES string of the molecule is CN(Cc1ccccc1)C(=O)CNc1ccccc1Br. The van der Waals surface area contributed by atoms with Gasteiger partial charge in [-0.2, -0.15) is 0 Å². The van der Waals surface area contributed by atoms with Crippen LogP contribution in [0.15, 0.2) is 59.1 Å². The van der Waals surface area contributed by atoms with E-state index in [0.29, 0.717) is 6.54 Å². The summed E-state index contributed by atoms with van der Waals surface area (Å²) in [5, 5.41) is 3.14. The number of halogens is 1. The van der Waals surface area contributed by atoms with Gasteiger partial charge in [0, 0.05) is 23.8 Å². The number of carbonyl (C=O) groups excluding carboxylic acids is 1. The van der Waals surface area contributed by atoms with E-state index in [9.17, 15) is 4.79 Å². The Morgan fingerprint density at radius 2 is 1.75 bits per heavy atom. The van der Waals surface area contributed by atoms with E-state index in [4.69, 9.17) is 0 Å². The van der Waals surface area contributed by atoms with E-state index in [1.165, 1.54) is 0 Å². The van der Waals surface area contributed by atoms with E-state index in [1.807, 2.05) is 61.6 Å². The van der Waals surface area contributed by atoms with Gasteiger partial charge in [-0.15, -0.1) is 0 Å². The average Bonchev–Trinajstić information content (AvgIpc) is 2.47. The number of anilines is 1. The average molecular weight is 333 g/mol. The van der Waals surface area contributed by atoms with Crippen LogP contribution in [0.1, 0.15) is 5.56 Å². The van der Waals surface area contributed by atoms with Crippen molar-refractivity contribution in [1.82, 2.24) is 4.90 Å². The molecule has 0 aromatic heterocycles. The molecule has 2 aromatic rings. The molecule has 2 rings (SSSR count). The largest absolute Gasteiger partial charge is 0.375 e. The molecule has 0 saturated carbocycles. The van der Waals surface area contributed by atoms with Crippen molar-refractivity contribution in [3.05, 3.63) is 64.6 Å². The molecular weight excluding hydrogens is 316 g/mol. The predicted molar refractivity (Wildman–Crippen MR) is 85.5 cm³/mol. The fourth-order valence-corrected chi connectivity index (χ4v) is 2.28. The topological polar surface area (TPSA) is 32.3 Å². The molecule has 0 radical (unpaired) electrons. The second-order valence-electron chi connectivity index (χ2n) is 4.57. The highest BCUT2D eigenvalue weighted by molar-refractivity contribution is 9.10. The van der Waals surface area contributed by atoms with E-state index in [2.05, 4.69) is 21.2 Å². The first kappa shape index (κ1) is 14.6. The first-order valence-corrected chi connectivity index (χ1v) is 7.22. The van der Waals surface area contributed by atoms with Gasteiger partial charge in [0.2, 0.25) is 5.91 Å². The summed E-state index contributed by atoms with van der Waals surface area (Å²) in [6, 6.07) is 17.7. The van der Waals surface area contributed by atoms with E-state index < -0.39 is 0 Å². The summed E-state index contributed by atoms with van der Waals surface area (Å²) < 4.78 is 0.957. The van der Waals surface area contributed by atoms with Crippen LogP contribution in [0, 0.1) is 0 Å². The molecule has 104 valence electrons. The van der Waals surface area contributed by atoms with Gasteiger partial charge >= 0.3 is 0 Å². The molecule has 0 saturated heterocycles. The third-order valence-corrected chi connectivity index (χ3v) is 3.68. The zero-order valence-corrected chi connectivity index (χ0v) is 12.9. The second kappa shape index (κ2) is 7.10. The van der Waals surface area contributed by atoms with Crippen molar-refractivity contribution in [2.75, 3.05) is 18.9 Å². The molecular formula is C16H17BrN2O. The van der Waals surface area contributed by atoms with Crippen LogP contribution >= 0.6 is 15.9 Å². The van der Waals surface area contributed by atoms with Gasteiger partial charge in [-0.25, -0.2) is 0 Å². The summed E-state index contributed by atoms with van der Waals surface area (Å²) in [6.45, 7) is 0.906. The van der Waals surface area contributed by atoms with Crippen molar-refractivity contribution in [3.63, 3.8) is 0 Å². The minimum Gasteiger partial charge on any atom is -0.375 e. The van der Waals surface area contributed by atoms with Gasteiger partial charge < -0.3 is 10.2 Å². The minimum absolute atomic E-state index is 0.0598. The summed E-state index contributed by atoms with van der Waals surface area (Å²) in [5.74, 6) is 0.0598. The van der Waals surface area contributed by atoms with Crippen LogP contribution in [0.5, 0.6) is 0 Å². The summed E-state index contributed by atoms with van der Waals surface area (Å²) in [6.07, 6.45) is 0. The molecule has 0 unspecified atom stereocenters. The molecule has 0 aliphatic carbocycles. The second-order valence-corrected chi connectivity index (χ2v) is 5.42. The van der Waals surface area contributed by atoms with Gasteiger partial charge in [0.15, 0.2) is 0 Å². The quantitative estimate of drug-likeness (QED) is 0.908. The van der Waals surface area contributed by atoms with Crippen molar-refractivity contribution in [1.29, 1.82) is 0 Å². The molecule has 20 heavy (non-hydrogen) atoms. The summed E-state index contributed by atoms with van der Waals surface area (Å²) in [5.41, 5.74) is 2.05. The summed E-state index contributed by atoms with van der Waals surface area (Å²) in [7, 11) is 1.82. The van der Waals surface area contributed by atoms with Gasteiger partial charge in [0.05, 0.1) is 6.54 Å². The zero-order chi connectivity index (χ0) is 14.4. The van der Waals surface area contributed by atoms with Gasteiger partial charge in [-0.05, 0) is 33.6 Å². The number of nitrogens with zero attached hydrogens (tertiary/aromatic N) is 1. The van der Waals surface area contributed by atoms with Crippen LogP contribution in [-0.4, -0.2) is 24.4 Å². The number of amides is 1. The molecule has 4 heteroatoms. The Hall–Kier alpha value is -1.81. The third kappa shape index (κ3) is 4.10. The molecule has 0 atom stereocenters. The maximum atomic E-state index is 12.1. The monoisotopic (exact) mass is 332 g/mol. The van der Waals surface area contributed by atoms with Crippen LogP contribution in [0.2, 0.25) is 0 Å². The maximum Gasteiger partial charge on any atom is 0.241 e. The number of nitrogens with one attached hydrogen (secondary N) is 1. The normalized spacial score (nSPS) is 10.1.